The SMILES string of the molecule is c1ccc2sc(NCCn3ccnn3)nc2c1. The van der Waals surface area contributed by atoms with Crippen molar-refractivity contribution in [3.05, 3.63) is 36.7 Å². The number of benzene rings is 1. The number of anilines is 1. The molecule has 6 heteroatoms. The number of hydrogen-bond donors (Lipinski definition) is 1. The van der Waals surface area contributed by atoms with Gasteiger partial charge in [0.1, 0.15) is 0 Å². The van der Waals surface area contributed by atoms with Crippen LogP contribution in [0.2, 0.25) is 0 Å². The monoisotopic (exact) mass is 245 g/mol. The van der Waals surface area contributed by atoms with Crippen molar-refractivity contribution >= 4 is 26.7 Å². The number of hydrogen-bond acceptors (Lipinski definition) is 5. The van der Waals surface area contributed by atoms with Crippen molar-refractivity contribution in [3.8, 4) is 0 Å². The zero-order valence-corrected chi connectivity index (χ0v) is 9.89. The highest BCUT2D eigenvalue weighted by molar-refractivity contribution is 7.22. The molecule has 0 aliphatic rings. The molecule has 0 saturated carbocycles. The summed E-state index contributed by atoms with van der Waals surface area (Å²) in [4.78, 5) is 4.49. The normalized spacial score (nSPS) is 10.8. The molecule has 0 saturated heterocycles. The van der Waals surface area contributed by atoms with Crippen molar-refractivity contribution in [2.45, 2.75) is 6.54 Å². The first-order chi connectivity index (χ1) is 8.42. The highest BCUT2D eigenvalue weighted by Gasteiger charge is 2.01. The molecule has 0 amide bonds. The minimum absolute atomic E-state index is 0.788. The Morgan fingerprint density at radius 3 is 3.06 bits per heavy atom. The lowest BCUT2D eigenvalue weighted by Gasteiger charge is -2.01. The van der Waals surface area contributed by atoms with E-state index in [0.29, 0.717) is 0 Å². The standard InChI is InChI=1S/C11H11N5S/c1-2-4-10-9(3-1)14-11(17-10)12-5-7-16-8-6-13-15-16/h1-4,6,8H,5,7H2,(H,12,14). The number of nitrogens with zero attached hydrogens (tertiary/aromatic N) is 4. The van der Waals surface area contributed by atoms with Crippen LogP contribution in [-0.2, 0) is 6.54 Å². The van der Waals surface area contributed by atoms with E-state index in [1.165, 1.54) is 4.70 Å². The van der Waals surface area contributed by atoms with Gasteiger partial charge in [-0.3, -0.25) is 4.68 Å². The van der Waals surface area contributed by atoms with Crippen LogP contribution in [0.15, 0.2) is 36.7 Å². The molecule has 0 aliphatic carbocycles. The largest absolute Gasteiger partial charge is 0.360 e. The van der Waals surface area contributed by atoms with Gasteiger partial charge in [0.15, 0.2) is 5.13 Å². The average Bonchev–Trinajstić information content (AvgIpc) is 2.96. The molecule has 3 aromatic rings. The van der Waals surface area contributed by atoms with E-state index in [0.717, 1.165) is 23.7 Å². The van der Waals surface area contributed by atoms with E-state index in [2.05, 4.69) is 26.7 Å². The van der Waals surface area contributed by atoms with Crippen LogP contribution in [0.3, 0.4) is 0 Å². The van der Waals surface area contributed by atoms with Gasteiger partial charge in [-0.2, -0.15) is 0 Å². The Morgan fingerprint density at radius 1 is 1.29 bits per heavy atom. The fraction of sp³-hybridized carbons (Fsp3) is 0.182. The summed E-state index contributed by atoms with van der Waals surface area (Å²) in [6.07, 6.45) is 3.53. The summed E-state index contributed by atoms with van der Waals surface area (Å²) in [6.45, 7) is 1.58. The molecule has 2 heterocycles. The van der Waals surface area contributed by atoms with Crippen molar-refractivity contribution in [1.29, 1.82) is 0 Å². The summed E-state index contributed by atoms with van der Waals surface area (Å²) in [7, 11) is 0. The van der Waals surface area contributed by atoms with Gasteiger partial charge in [-0.1, -0.05) is 28.7 Å². The topological polar surface area (TPSA) is 55.6 Å². The van der Waals surface area contributed by atoms with Gasteiger partial charge >= 0.3 is 0 Å². The van der Waals surface area contributed by atoms with Crippen molar-refractivity contribution < 1.29 is 0 Å². The van der Waals surface area contributed by atoms with Crippen molar-refractivity contribution in [2.24, 2.45) is 0 Å². The van der Waals surface area contributed by atoms with E-state index in [-0.39, 0.29) is 0 Å². The van der Waals surface area contributed by atoms with E-state index < -0.39 is 0 Å². The molecule has 3 rings (SSSR count). The van der Waals surface area contributed by atoms with E-state index >= 15 is 0 Å². The fourth-order valence-corrected chi connectivity index (χ4v) is 2.47. The summed E-state index contributed by atoms with van der Waals surface area (Å²) in [5.74, 6) is 0. The van der Waals surface area contributed by atoms with Gasteiger partial charge < -0.3 is 5.32 Å². The molecule has 0 radical (unpaired) electrons. The molecular weight excluding hydrogens is 234 g/mol. The third-order valence-corrected chi connectivity index (χ3v) is 3.38. The molecule has 1 aromatic carbocycles. The molecule has 17 heavy (non-hydrogen) atoms. The van der Waals surface area contributed by atoms with Crippen LogP contribution in [0.25, 0.3) is 10.2 Å². The number of thiazole rings is 1. The van der Waals surface area contributed by atoms with Crippen LogP contribution in [0.1, 0.15) is 0 Å². The smallest absolute Gasteiger partial charge is 0.183 e. The summed E-state index contributed by atoms with van der Waals surface area (Å²) in [5, 5.41) is 11.9. The van der Waals surface area contributed by atoms with Crippen LogP contribution in [0, 0.1) is 0 Å². The molecule has 1 N–H and O–H groups in total. The highest BCUT2D eigenvalue weighted by atomic mass is 32.1. The summed E-state index contributed by atoms with van der Waals surface area (Å²) in [6, 6.07) is 8.13. The number of nitrogens with one attached hydrogen (secondary N) is 1. The predicted octanol–water partition coefficient (Wildman–Crippen LogP) is 2.00. The maximum Gasteiger partial charge on any atom is 0.183 e. The minimum Gasteiger partial charge on any atom is -0.360 e. The van der Waals surface area contributed by atoms with Crippen molar-refractivity contribution in [2.75, 3.05) is 11.9 Å². The molecule has 0 atom stereocenters. The maximum absolute atomic E-state index is 4.49. The van der Waals surface area contributed by atoms with Gasteiger partial charge in [0, 0.05) is 12.7 Å². The fourth-order valence-electron chi connectivity index (χ4n) is 1.58. The predicted molar refractivity (Wildman–Crippen MR) is 68.1 cm³/mol. The first-order valence-corrected chi connectivity index (χ1v) is 6.17. The van der Waals surface area contributed by atoms with E-state index in [4.69, 9.17) is 0 Å². The molecule has 86 valence electrons. The number of aromatic nitrogens is 4. The lowest BCUT2D eigenvalue weighted by Crippen LogP contribution is -2.10. The lowest BCUT2D eigenvalue weighted by molar-refractivity contribution is 0.609. The number of rotatable bonds is 4. The molecule has 0 unspecified atom stereocenters. The Bertz CT molecular complexity index is 568. The molecule has 2 aromatic heterocycles. The van der Waals surface area contributed by atoms with E-state index in [9.17, 15) is 0 Å². The zero-order valence-electron chi connectivity index (χ0n) is 9.08. The molecule has 0 bridgehead atoms. The third kappa shape index (κ3) is 2.26. The average molecular weight is 245 g/mol. The highest BCUT2D eigenvalue weighted by Crippen LogP contribution is 2.24. The summed E-state index contributed by atoms with van der Waals surface area (Å²) < 4.78 is 3.00. The second-order valence-electron chi connectivity index (χ2n) is 3.58. The minimum atomic E-state index is 0.788. The maximum atomic E-state index is 4.49. The first-order valence-electron chi connectivity index (χ1n) is 5.35. The first kappa shape index (κ1) is 10.2. The second-order valence-corrected chi connectivity index (χ2v) is 4.61. The molecular formula is C11H11N5S. The Labute approximate surface area is 102 Å². The number of para-hydroxylation sites is 1. The van der Waals surface area contributed by atoms with Crippen LogP contribution < -0.4 is 5.32 Å². The Kier molecular flexibility index (Phi) is 2.71. The van der Waals surface area contributed by atoms with E-state index in [1.807, 2.05) is 24.4 Å². The van der Waals surface area contributed by atoms with Crippen LogP contribution >= 0.6 is 11.3 Å². The molecule has 0 aliphatic heterocycles. The van der Waals surface area contributed by atoms with Crippen LogP contribution in [-0.4, -0.2) is 26.5 Å². The van der Waals surface area contributed by atoms with Gasteiger partial charge in [0.25, 0.3) is 0 Å². The van der Waals surface area contributed by atoms with Gasteiger partial charge in [-0.15, -0.1) is 5.10 Å². The third-order valence-electron chi connectivity index (χ3n) is 2.38. The van der Waals surface area contributed by atoms with Crippen molar-refractivity contribution in [3.63, 3.8) is 0 Å². The van der Waals surface area contributed by atoms with E-state index in [1.54, 1.807) is 22.2 Å². The number of fused-ring (bicyclic) bond motifs is 1. The Hall–Kier alpha value is -1.95. The van der Waals surface area contributed by atoms with Gasteiger partial charge in [0.2, 0.25) is 0 Å². The molecule has 0 spiro atoms. The molecule has 0 fully saturated rings. The Balaban J connectivity index is 1.65. The lowest BCUT2D eigenvalue weighted by atomic mass is 10.3. The van der Waals surface area contributed by atoms with Gasteiger partial charge in [-0.05, 0) is 12.1 Å². The second kappa shape index (κ2) is 4.50. The van der Waals surface area contributed by atoms with Gasteiger partial charge in [0.05, 0.1) is 23.0 Å². The van der Waals surface area contributed by atoms with Gasteiger partial charge in [-0.25, -0.2) is 4.98 Å². The Morgan fingerprint density at radius 2 is 2.24 bits per heavy atom. The van der Waals surface area contributed by atoms with Crippen molar-refractivity contribution in [1.82, 2.24) is 20.0 Å². The quantitative estimate of drug-likeness (QED) is 0.764. The zero-order chi connectivity index (χ0) is 11.5. The van der Waals surface area contributed by atoms with Crippen LogP contribution in [0.5, 0.6) is 0 Å². The molecule has 5 nitrogen and oxygen atoms in total. The summed E-state index contributed by atoms with van der Waals surface area (Å²) in [5.41, 5.74) is 1.04. The summed E-state index contributed by atoms with van der Waals surface area (Å²) >= 11 is 1.67. The van der Waals surface area contributed by atoms with Crippen LogP contribution in [0.4, 0.5) is 5.13 Å².